The van der Waals surface area contributed by atoms with Gasteiger partial charge in [-0.3, -0.25) is 4.79 Å². The number of halogens is 2. The van der Waals surface area contributed by atoms with Crippen LogP contribution < -0.4 is 10.1 Å². The molecule has 0 fully saturated rings. The number of nitrogens with one attached hydrogen (secondary N) is 1. The number of hydrogen-bond acceptors (Lipinski definition) is 4. The van der Waals surface area contributed by atoms with E-state index in [9.17, 15) is 9.18 Å². The Hall–Kier alpha value is -2.99. The van der Waals surface area contributed by atoms with Gasteiger partial charge in [0.2, 0.25) is 5.88 Å². The molecule has 5 nitrogen and oxygen atoms in total. The van der Waals surface area contributed by atoms with Crippen molar-refractivity contribution in [1.29, 1.82) is 0 Å². The van der Waals surface area contributed by atoms with Crippen LogP contribution in [0.2, 0.25) is 5.02 Å². The molecule has 0 aliphatic carbocycles. The third-order valence-electron chi connectivity index (χ3n) is 3.46. The standard InChI is InChI=1S/C18H13ClFN3O2/c1-25-17-9-8-16(22-23-17)11-2-7-14(15(19)10-11)18(24)21-13-5-3-12(20)4-6-13/h2-10H,1H3,(H,21,24). The Morgan fingerprint density at radius 3 is 2.44 bits per heavy atom. The first-order chi connectivity index (χ1) is 12.1. The molecular weight excluding hydrogens is 345 g/mol. The number of carbonyl (C=O) groups excluding carboxylic acids is 1. The Morgan fingerprint density at radius 1 is 1.08 bits per heavy atom. The Kier molecular flexibility index (Phi) is 4.90. The van der Waals surface area contributed by atoms with Crippen LogP contribution >= 0.6 is 11.6 Å². The van der Waals surface area contributed by atoms with Gasteiger partial charge >= 0.3 is 0 Å². The number of amides is 1. The number of hydrogen-bond donors (Lipinski definition) is 1. The molecule has 0 spiro atoms. The molecule has 25 heavy (non-hydrogen) atoms. The van der Waals surface area contributed by atoms with Crippen LogP contribution in [0.3, 0.4) is 0 Å². The summed E-state index contributed by atoms with van der Waals surface area (Å²) >= 11 is 6.23. The molecule has 0 bridgehead atoms. The van der Waals surface area contributed by atoms with Crippen LogP contribution in [0.25, 0.3) is 11.3 Å². The molecule has 7 heteroatoms. The van der Waals surface area contributed by atoms with Crippen molar-refractivity contribution < 1.29 is 13.9 Å². The lowest BCUT2D eigenvalue weighted by Gasteiger charge is -2.08. The zero-order valence-electron chi connectivity index (χ0n) is 13.2. The number of ether oxygens (including phenoxy) is 1. The molecule has 0 atom stereocenters. The van der Waals surface area contributed by atoms with Gasteiger partial charge in [0.1, 0.15) is 5.82 Å². The lowest BCUT2D eigenvalue weighted by molar-refractivity contribution is 0.102. The molecule has 0 radical (unpaired) electrons. The monoisotopic (exact) mass is 357 g/mol. The van der Waals surface area contributed by atoms with Gasteiger partial charge in [0.15, 0.2) is 0 Å². The minimum atomic E-state index is -0.385. The summed E-state index contributed by atoms with van der Waals surface area (Å²) in [5, 5.41) is 10.9. The fourth-order valence-corrected chi connectivity index (χ4v) is 2.44. The number of aromatic nitrogens is 2. The quantitative estimate of drug-likeness (QED) is 0.760. The van der Waals surface area contributed by atoms with Gasteiger partial charge in [-0.1, -0.05) is 17.7 Å². The number of benzene rings is 2. The maximum atomic E-state index is 12.9. The predicted octanol–water partition coefficient (Wildman–Crippen LogP) is 4.20. The van der Waals surface area contributed by atoms with Crippen LogP contribution in [-0.2, 0) is 0 Å². The van der Waals surface area contributed by atoms with Crippen molar-refractivity contribution in [3.8, 4) is 17.1 Å². The van der Waals surface area contributed by atoms with Gasteiger partial charge in [-0.25, -0.2) is 4.39 Å². The lowest BCUT2D eigenvalue weighted by Crippen LogP contribution is -2.12. The molecule has 0 aliphatic heterocycles. The van der Waals surface area contributed by atoms with Crippen LogP contribution in [0.4, 0.5) is 10.1 Å². The van der Waals surface area contributed by atoms with Crippen molar-refractivity contribution in [2.75, 3.05) is 12.4 Å². The number of methoxy groups -OCH3 is 1. The van der Waals surface area contributed by atoms with Gasteiger partial charge < -0.3 is 10.1 Å². The molecule has 1 amide bonds. The van der Waals surface area contributed by atoms with E-state index in [1.165, 1.54) is 31.4 Å². The van der Waals surface area contributed by atoms with Crippen molar-refractivity contribution in [2.24, 2.45) is 0 Å². The summed E-state index contributed by atoms with van der Waals surface area (Å²) < 4.78 is 17.9. The minimum absolute atomic E-state index is 0.273. The number of nitrogens with zero attached hydrogens (tertiary/aromatic N) is 2. The van der Waals surface area contributed by atoms with Gasteiger partial charge in [0.05, 0.1) is 23.4 Å². The number of anilines is 1. The first kappa shape index (κ1) is 16.9. The SMILES string of the molecule is COc1ccc(-c2ccc(C(=O)Nc3ccc(F)cc3)c(Cl)c2)nn1. The predicted molar refractivity (Wildman–Crippen MR) is 93.4 cm³/mol. The topological polar surface area (TPSA) is 64.1 Å². The molecule has 0 aliphatic rings. The molecule has 0 saturated heterocycles. The van der Waals surface area contributed by atoms with Gasteiger partial charge in [0, 0.05) is 17.3 Å². The molecular formula is C18H13ClFN3O2. The van der Waals surface area contributed by atoms with Crippen molar-refractivity contribution in [2.45, 2.75) is 0 Å². The highest BCUT2D eigenvalue weighted by Crippen LogP contribution is 2.25. The molecule has 0 unspecified atom stereocenters. The maximum Gasteiger partial charge on any atom is 0.257 e. The van der Waals surface area contributed by atoms with E-state index in [1.54, 1.807) is 30.3 Å². The second-order valence-corrected chi connectivity index (χ2v) is 5.52. The first-order valence-electron chi connectivity index (χ1n) is 7.31. The zero-order valence-corrected chi connectivity index (χ0v) is 13.9. The summed E-state index contributed by atoms with van der Waals surface area (Å²) in [5.41, 5.74) is 2.11. The highest BCUT2D eigenvalue weighted by atomic mass is 35.5. The van der Waals surface area contributed by atoms with Gasteiger partial charge in [0.25, 0.3) is 5.91 Å². The fourth-order valence-electron chi connectivity index (χ4n) is 2.17. The van der Waals surface area contributed by atoms with Gasteiger partial charge in [-0.2, -0.15) is 0 Å². The zero-order chi connectivity index (χ0) is 17.8. The van der Waals surface area contributed by atoms with Crippen LogP contribution in [0.1, 0.15) is 10.4 Å². The summed E-state index contributed by atoms with van der Waals surface area (Å²) in [5.74, 6) is -0.352. The molecule has 3 rings (SSSR count). The Bertz CT molecular complexity index is 899. The van der Waals surface area contributed by atoms with Crippen molar-refractivity contribution in [3.05, 3.63) is 71.0 Å². The summed E-state index contributed by atoms with van der Waals surface area (Å²) in [6.07, 6.45) is 0. The van der Waals surface area contributed by atoms with Crippen molar-refractivity contribution in [3.63, 3.8) is 0 Å². The first-order valence-corrected chi connectivity index (χ1v) is 7.69. The van der Waals surface area contributed by atoms with Crippen LogP contribution in [0, 0.1) is 5.82 Å². The van der Waals surface area contributed by atoms with Crippen molar-refractivity contribution >= 4 is 23.2 Å². The highest BCUT2D eigenvalue weighted by Gasteiger charge is 2.12. The third kappa shape index (κ3) is 3.92. The largest absolute Gasteiger partial charge is 0.480 e. The van der Waals surface area contributed by atoms with E-state index in [1.807, 2.05) is 0 Å². The Balaban J connectivity index is 1.81. The third-order valence-corrected chi connectivity index (χ3v) is 3.77. The Morgan fingerprint density at radius 2 is 1.84 bits per heavy atom. The Labute approximate surface area is 148 Å². The normalized spacial score (nSPS) is 10.4. The number of carbonyl (C=O) groups is 1. The second kappa shape index (κ2) is 7.27. The molecule has 0 saturated carbocycles. The molecule has 3 aromatic rings. The smallest absolute Gasteiger partial charge is 0.257 e. The minimum Gasteiger partial charge on any atom is -0.480 e. The maximum absolute atomic E-state index is 12.9. The summed E-state index contributed by atoms with van der Waals surface area (Å²) in [4.78, 5) is 12.3. The summed E-state index contributed by atoms with van der Waals surface area (Å²) in [6, 6.07) is 13.9. The van der Waals surface area contributed by atoms with Gasteiger partial charge in [-0.15, -0.1) is 10.2 Å². The second-order valence-electron chi connectivity index (χ2n) is 5.12. The summed E-state index contributed by atoms with van der Waals surface area (Å²) in [6.45, 7) is 0. The van der Waals surface area contributed by atoms with E-state index in [0.717, 1.165) is 5.56 Å². The average Bonchev–Trinajstić information content (AvgIpc) is 2.63. The number of rotatable bonds is 4. The average molecular weight is 358 g/mol. The van der Waals surface area contributed by atoms with Crippen LogP contribution in [0.15, 0.2) is 54.6 Å². The highest BCUT2D eigenvalue weighted by molar-refractivity contribution is 6.34. The molecule has 1 N–H and O–H groups in total. The fraction of sp³-hybridized carbons (Fsp3) is 0.0556. The molecule has 1 heterocycles. The van der Waals surface area contributed by atoms with Gasteiger partial charge in [-0.05, 0) is 42.5 Å². The lowest BCUT2D eigenvalue weighted by atomic mass is 10.1. The van der Waals surface area contributed by atoms with E-state index in [0.29, 0.717) is 22.8 Å². The molecule has 2 aromatic carbocycles. The molecule has 126 valence electrons. The molecule has 1 aromatic heterocycles. The van der Waals surface area contributed by atoms with Crippen LogP contribution in [-0.4, -0.2) is 23.2 Å². The van der Waals surface area contributed by atoms with E-state index >= 15 is 0 Å². The van der Waals surface area contributed by atoms with E-state index in [2.05, 4.69) is 15.5 Å². The van der Waals surface area contributed by atoms with Crippen LogP contribution in [0.5, 0.6) is 5.88 Å². The van der Waals surface area contributed by atoms with Crippen molar-refractivity contribution in [1.82, 2.24) is 10.2 Å². The van der Waals surface area contributed by atoms with E-state index in [-0.39, 0.29) is 16.7 Å². The summed E-state index contributed by atoms with van der Waals surface area (Å²) in [7, 11) is 1.51. The van der Waals surface area contributed by atoms with E-state index in [4.69, 9.17) is 16.3 Å². The van der Waals surface area contributed by atoms with E-state index < -0.39 is 0 Å².